The predicted molar refractivity (Wildman–Crippen MR) is 85.9 cm³/mol. The molecular formula is C16H11N3OS. The summed E-state index contributed by atoms with van der Waals surface area (Å²) in [5.74, 6) is 0.433. The average Bonchev–Trinajstić information content (AvgIpc) is 3.14. The zero-order valence-corrected chi connectivity index (χ0v) is 11.8. The van der Waals surface area contributed by atoms with E-state index < -0.39 is 0 Å². The Morgan fingerprint density at radius 1 is 1.10 bits per heavy atom. The normalized spacial score (nSPS) is 11.0. The minimum absolute atomic E-state index is 0.128. The Labute approximate surface area is 124 Å². The van der Waals surface area contributed by atoms with Gasteiger partial charge in [0.15, 0.2) is 0 Å². The van der Waals surface area contributed by atoms with Gasteiger partial charge < -0.3 is 10.3 Å². The van der Waals surface area contributed by atoms with E-state index in [1.165, 1.54) is 11.3 Å². The van der Waals surface area contributed by atoms with Gasteiger partial charge in [-0.2, -0.15) is 0 Å². The number of nitrogens with zero attached hydrogens (tertiary/aromatic N) is 1. The van der Waals surface area contributed by atoms with Crippen LogP contribution < -0.4 is 5.32 Å². The number of aromatic nitrogens is 2. The summed E-state index contributed by atoms with van der Waals surface area (Å²) in [6.07, 6.45) is 1.75. The van der Waals surface area contributed by atoms with E-state index in [-0.39, 0.29) is 5.91 Å². The summed E-state index contributed by atoms with van der Waals surface area (Å²) in [6.45, 7) is 0. The molecule has 3 aromatic heterocycles. The fourth-order valence-electron chi connectivity index (χ4n) is 2.40. The Morgan fingerprint density at radius 2 is 2.00 bits per heavy atom. The molecule has 4 aromatic rings. The van der Waals surface area contributed by atoms with Crippen LogP contribution in [0, 0.1) is 0 Å². The maximum Gasteiger partial charge on any atom is 0.266 e. The number of hydrogen-bond acceptors (Lipinski definition) is 3. The van der Waals surface area contributed by atoms with Gasteiger partial charge in [0.2, 0.25) is 0 Å². The maximum absolute atomic E-state index is 12.1. The molecule has 0 unspecified atom stereocenters. The number of carbonyl (C=O) groups is 1. The number of nitrogens with one attached hydrogen (secondary N) is 2. The molecule has 0 bridgehead atoms. The van der Waals surface area contributed by atoms with Crippen LogP contribution in [0.1, 0.15) is 9.67 Å². The molecule has 4 nitrogen and oxygen atoms in total. The molecule has 0 fully saturated rings. The second-order valence-electron chi connectivity index (χ2n) is 4.72. The maximum atomic E-state index is 12.1. The standard InChI is InChI=1S/C16H11N3OS/c20-16(14-6-3-7-21-14)19-15-8-11-10-4-1-2-5-12(10)18-13(11)9-17-15/h1-9,18H,(H,17,19,20). The van der Waals surface area contributed by atoms with Gasteiger partial charge in [-0.15, -0.1) is 11.3 Å². The molecule has 5 heteroatoms. The number of benzene rings is 1. The molecule has 3 heterocycles. The Hall–Kier alpha value is -2.66. The van der Waals surface area contributed by atoms with Crippen molar-refractivity contribution in [2.45, 2.75) is 0 Å². The quantitative estimate of drug-likeness (QED) is 0.586. The molecule has 102 valence electrons. The van der Waals surface area contributed by atoms with Crippen molar-refractivity contribution in [1.82, 2.24) is 9.97 Å². The van der Waals surface area contributed by atoms with Crippen LogP contribution in [0.3, 0.4) is 0 Å². The van der Waals surface area contributed by atoms with E-state index in [4.69, 9.17) is 0 Å². The number of thiophene rings is 1. The Balaban J connectivity index is 1.76. The number of H-pyrrole nitrogens is 1. The van der Waals surface area contributed by atoms with Crippen LogP contribution in [0.4, 0.5) is 5.82 Å². The van der Waals surface area contributed by atoms with Crippen LogP contribution in [-0.2, 0) is 0 Å². The highest BCUT2D eigenvalue weighted by Crippen LogP contribution is 2.26. The lowest BCUT2D eigenvalue weighted by Gasteiger charge is -2.02. The van der Waals surface area contributed by atoms with Gasteiger partial charge in [0, 0.05) is 16.3 Å². The average molecular weight is 293 g/mol. The number of para-hydroxylation sites is 1. The molecule has 1 amide bonds. The minimum Gasteiger partial charge on any atom is -0.353 e. The van der Waals surface area contributed by atoms with Gasteiger partial charge in [-0.25, -0.2) is 4.98 Å². The van der Waals surface area contributed by atoms with E-state index in [1.54, 1.807) is 12.3 Å². The van der Waals surface area contributed by atoms with Gasteiger partial charge in [-0.1, -0.05) is 24.3 Å². The number of pyridine rings is 1. The largest absolute Gasteiger partial charge is 0.353 e. The van der Waals surface area contributed by atoms with Crippen molar-refractivity contribution >= 4 is 44.9 Å². The van der Waals surface area contributed by atoms with Crippen molar-refractivity contribution in [3.8, 4) is 0 Å². The molecule has 0 radical (unpaired) electrons. The number of carbonyl (C=O) groups excluding carboxylic acids is 1. The Morgan fingerprint density at radius 3 is 2.86 bits per heavy atom. The van der Waals surface area contributed by atoms with E-state index in [0.29, 0.717) is 10.7 Å². The summed E-state index contributed by atoms with van der Waals surface area (Å²) in [4.78, 5) is 20.3. The van der Waals surface area contributed by atoms with E-state index in [0.717, 1.165) is 21.8 Å². The summed E-state index contributed by atoms with van der Waals surface area (Å²) < 4.78 is 0. The third-order valence-corrected chi connectivity index (χ3v) is 4.25. The van der Waals surface area contributed by atoms with Crippen LogP contribution >= 0.6 is 11.3 Å². The number of anilines is 1. The zero-order valence-electron chi connectivity index (χ0n) is 11.0. The van der Waals surface area contributed by atoms with Gasteiger partial charge >= 0.3 is 0 Å². The minimum atomic E-state index is -0.128. The first-order chi connectivity index (χ1) is 10.3. The van der Waals surface area contributed by atoms with Crippen LogP contribution in [0.5, 0.6) is 0 Å². The summed E-state index contributed by atoms with van der Waals surface area (Å²) in [5.41, 5.74) is 2.03. The predicted octanol–water partition coefficient (Wildman–Crippen LogP) is 4.03. The van der Waals surface area contributed by atoms with Crippen LogP contribution in [0.25, 0.3) is 21.8 Å². The third kappa shape index (κ3) is 2.08. The lowest BCUT2D eigenvalue weighted by atomic mass is 10.2. The number of rotatable bonds is 2. The fourth-order valence-corrected chi connectivity index (χ4v) is 3.02. The highest BCUT2D eigenvalue weighted by atomic mass is 32.1. The first-order valence-corrected chi connectivity index (χ1v) is 7.40. The summed E-state index contributed by atoms with van der Waals surface area (Å²) >= 11 is 1.41. The highest BCUT2D eigenvalue weighted by Gasteiger charge is 2.10. The number of amides is 1. The second-order valence-corrected chi connectivity index (χ2v) is 5.66. The topological polar surface area (TPSA) is 57.8 Å². The van der Waals surface area contributed by atoms with Gasteiger partial charge in [0.05, 0.1) is 16.6 Å². The lowest BCUT2D eigenvalue weighted by molar-refractivity contribution is 0.103. The molecule has 1 aromatic carbocycles. The monoisotopic (exact) mass is 293 g/mol. The summed E-state index contributed by atoms with van der Waals surface area (Å²) in [5, 5.41) is 6.90. The third-order valence-electron chi connectivity index (χ3n) is 3.38. The fraction of sp³-hybridized carbons (Fsp3) is 0. The molecule has 2 N–H and O–H groups in total. The first-order valence-electron chi connectivity index (χ1n) is 6.52. The van der Waals surface area contributed by atoms with E-state index in [2.05, 4.69) is 21.4 Å². The van der Waals surface area contributed by atoms with E-state index >= 15 is 0 Å². The van der Waals surface area contributed by atoms with Crippen molar-refractivity contribution in [1.29, 1.82) is 0 Å². The zero-order chi connectivity index (χ0) is 14.2. The van der Waals surface area contributed by atoms with Crippen molar-refractivity contribution in [2.75, 3.05) is 5.32 Å². The second kappa shape index (κ2) is 4.71. The molecular weight excluding hydrogens is 282 g/mol. The van der Waals surface area contributed by atoms with Gasteiger partial charge in [0.1, 0.15) is 5.82 Å². The van der Waals surface area contributed by atoms with Gasteiger partial charge in [-0.3, -0.25) is 4.79 Å². The molecule has 0 aliphatic rings. The van der Waals surface area contributed by atoms with Crippen LogP contribution in [0.2, 0.25) is 0 Å². The number of hydrogen-bond donors (Lipinski definition) is 2. The van der Waals surface area contributed by atoms with Gasteiger partial charge in [-0.05, 0) is 23.6 Å². The SMILES string of the molecule is O=C(Nc1cc2c(cn1)[nH]c1ccccc12)c1cccs1. The molecule has 0 saturated heterocycles. The molecule has 0 aliphatic carbocycles. The molecule has 0 atom stereocenters. The molecule has 0 spiro atoms. The van der Waals surface area contributed by atoms with Crippen molar-refractivity contribution < 1.29 is 4.79 Å². The van der Waals surface area contributed by atoms with Gasteiger partial charge in [0.25, 0.3) is 5.91 Å². The lowest BCUT2D eigenvalue weighted by Crippen LogP contribution is -2.11. The molecule has 21 heavy (non-hydrogen) atoms. The van der Waals surface area contributed by atoms with Crippen molar-refractivity contribution in [2.24, 2.45) is 0 Å². The number of aromatic amines is 1. The number of fused-ring (bicyclic) bond motifs is 3. The van der Waals surface area contributed by atoms with Crippen molar-refractivity contribution in [3.63, 3.8) is 0 Å². The van der Waals surface area contributed by atoms with E-state index in [9.17, 15) is 4.79 Å². The van der Waals surface area contributed by atoms with Crippen LogP contribution in [-0.4, -0.2) is 15.9 Å². The first kappa shape index (κ1) is 12.1. The Kier molecular flexibility index (Phi) is 2.72. The molecule has 0 saturated carbocycles. The highest BCUT2D eigenvalue weighted by molar-refractivity contribution is 7.12. The van der Waals surface area contributed by atoms with E-state index in [1.807, 2.05) is 35.7 Å². The molecule has 4 rings (SSSR count). The van der Waals surface area contributed by atoms with Crippen molar-refractivity contribution in [3.05, 3.63) is 58.9 Å². The van der Waals surface area contributed by atoms with Crippen LogP contribution in [0.15, 0.2) is 54.0 Å². The Bertz CT molecular complexity index is 941. The summed E-state index contributed by atoms with van der Waals surface area (Å²) in [7, 11) is 0. The smallest absolute Gasteiger partial charge is 0.266 e. The summed E-state index contributed by atoms with van der Waals surface area (Å²) in [6, 6.07) is 13.6. The molecule has 0 aliphatic heterocycles.